The lowest BCUT2D eigenvalue weighted by Gasteiger charge is -2.07. The van der Waals surface area contributed by atoms with E-state index in [2.05, 4.69) is 5.32 Å². The lowest BCUT2D eigenvalue weighted by Crippen LogP contribution is -2.12. The highest BCUT2D eigenvalue weighted by Gasteiger charge is 2.32. The number of para-hydroxylation sites is 1. The summed E-state index contributed by atoms with van der Waals surface area (Å²) in [7, 11) is 0. The Hall–Kier alpha value is -1.72. The van der Waals surface area contributed by atoms with Crippen LogP contribution in [0.5, 0.6) is 0 Å². The monoisotopic (exact) mass is 246 g/mol. The Morgan fingerprint density at radius 1 is 1.24 bits per heavy atom. The van der Waals surface area contributed by atoms with Crippen LogP contribution in [0.4, 0.5) is 18.9 Å². The van der Waals surface area contributed by atoms with Crippen molar-refractivity contribution in [3.63, 3.8) is 0 Å². The number of benzene rings is 1. The van der Waals surface area contributed by atoms with Crippen molar-refractivity contribution in [2.45, 2.75) is 19.0 Å². The Balaban J connectivity index is 0.000000202. The predicted octanol–water partition coefficient (Wildman–Crippen LogP) is 2.18. The van der Waals surface area contributed by atoms with Gasteiger partial charge in [-0.2, -0.15) is 13.2 Å². The molecule has 17 heavy (non-hydrogen) atoms. The number of nitrogens with two attached hydrogens (primary N) is 1. The van der Waals surface area contributed by atoms with Gasteiger partial charge in [0.25, 0.3) is 0 Å². The lowest BCUT2D eigenvalue weighted by molar-refractivity contribution is -0.136. The summed E-state index contributed by atoms with van der Waals surface area (Å²) in [5.41, 5.74) is 4.07. The van der Waals surface area contributed by atoms with Gasteiger partial charge in [0.05, 0.1) is 5.56 Å². The summed E-state index contributed by atoms with van der Waals surface area (Å²) >= 11 is 0. The van der Waals surface area contributed by atoms with E-state index in [1.54, 1.807) is 0 Å². The number of rotatable bonds is 0. The molecule has 1 amide bonds. The molecule has 0 spiro atoms. The van der Waals surface area contributed by atoms with E-state index in [9.17, 15) is 18.0 Å². The highest BCUT2D eigenvalue weighted by molar-refractivity contribution is 5.77. The van der Waals surface area contributed by atoms with Crippen LogP contribution in [0.25, 0.3) is 0 Å². The fourth-order valence-electron chi connectivity index (χ4n) is 1.32. The van der Waals surface area contributed by atoms with Gasteiger partial charge in [0, 0.05) is 18.7 Å². The molecule has 0 aliphatic carbocycles. The molecule has 0 atom stereocenters. The van der Waals surface area contributed by atoms with E-state index in [1.807, 2.05) is 0 Å². The lowest BCUT2D eigenvalue weighted by atomic mass is 10.2. The Morgan fingerprint density at radius 2 is 1.88 bits per heavy atom. The molecule has 94 valence electrons. The fourth-order valence-corrected chi connectivity index (χ4v) is 1.32. The summed E-state index contributed by atoms with van der Waals surface area (Å²) in [5, 5.41) is 2.68. The molecule has 0 aromatic heterocycles. The number of hydrogen-bond acceptors (Lipinski definition) is 2. The van der Waals surface area contributed by atoms with Crippen LogP contribution in [0.2, 0.25) is 0 Å². The standard InChI is InChI=1S/C7H6F3N.C4H7NO/c8-7(9,10)5-3-1-2-4-6(5)11;6-4-2-1-3-5-4/h1-4H,11H2;1-3H2,(H,5,6). The summed E-state index contributed by atoms with van der Waals surface area (Å²) in [6.07, 6.45) is -2.58. The molecule has 0 bridgehead atoms. The van der Waals surface area contributed by atoms with E-state index in [4.69, 9.17) is 5.73 Å². The molecule has 2 rings (SSSR count). The van der Waals surface area contributed by atoms with Gasteiger partial charge in [-0.3, -0.25) is 4.79 Å². The third-order valence-electron chi connectivity index (χ3n) is 2.17. The molecule has 1 heterocycles. The molecule has 0 unspecified atom stereocenters. The van der Waals surface area contributed by atoms with Crippen molar-refractivity contribution in [2.75, 3.05) is 12.3 Å². The van der Waals surface area contributed by atoms with Crippen LogP contribution >= 0.6 is 0 Å². The van der Waals surface area contributed by atoms with Crippen molar-refractivity contribution in [1.82, 2.24) is 5.32 Å². The van der Waals surface area contributed by atoms with Gasteiger partial charge in [0.1, 0.15) is 0 Å². The van der Waals surface area contributed by atoms with E-state index in [-0.39, 0.29) is 11.6 Å². The molecule has 1 aromatic carbocycles. The maximum Gasteiger partial charge on any atom is 0.418 e. The number of carbonyl (C=O) groups is 1. The quantitative estimate of drug-likeness (QED) is 0.689. The van der Waals surface area contributed by atoms with Crippen LogP contribution in [-0.2, 0) is 11.0 Å². The van der Waals surface area contributed by atoms with Crippen molar-refractivity contribution in [2.24, 2.45) is 0 Å². The Kier molecular flexibility index (Phi) is 4.37. The first-order valence-electron chi connectivity index (χ1n) is 5.09. The molecule has 1 aromatic rings. The summed E-state index contributed by atoms with van der Waals surface area (Å²) in [6.45, 7) is 0.888. The molecule has 3 nitrogen and oxygen atoms in total. The fraction of sp³-hybridized carbons (Fsp3) is 0.364. The number of amides is 1. The average Bonchev–Trinajstić information content (AvgIpc) is 2.69. The average molecular weight is 246 g/mol. The van der Waals surface area contributed by atoms with Crippen LogP contribution in [-0.4, -0.2) is 12.5 Å². The molecule has 0 saturated carbocycles. The van der Waals surface area contributed by atoms with E-state index in [0.717, 1.165) is 25.5 Å². The molecule has 1 fully saturated rings. The van der Waals surface area contributed by atoms with Gasteiger partial charge in [-0.15, -0.1) is 0 Å². The van der Waals surface area contributed by atoms with Crippen molar-refractivity contribution >= 4 is 11.6 Å². The SMILES string of the molecule is Nc1ccccc1C(F)(F)F.O=C1CCCN1. The zero-order chi connectivity index (χ0) is 12.9. The van der Waals surface area contributed by atoms with Crippen LogP contribution < -0.4 is 11.1 Å². The van der Waals surface area contributed by atoms with Crippen LogP contribution in [0, 0.1) is 0 Å². The highest BCUT2D eigenvalue weighted by atomic mass is 19.4. The second kappa shape index (κ2) is 5.56. The third-order valence-corrected chi connectivity index (χ3v) is 2.17. The summed E-state index contributed by atoms with van der Waals surface area (Å²) in [6, 6.07) is 4.95. The maximum atomic E-state index is 12.0. The van der Waals surface area contributed by atoms with Crippen LogP contribution in [0.1, 0.15) is 18.4 Å². The molecule has 1 aliphatic heterocycles. The number of anilines is 1. The first-order valence-corrected chi connectivity index (χ1v) is 5.09. The largest absolute Gasteiger partial charge is 0.418 e. The van der Waals surface area contributed by atoms with Crippen molar-refractivity contribution in [3.05, 3.63) is 29.8 Å². The molecular weight excluding hydrogens is 233 g/mol. The molecule has 3 N–H and O–H groups in total. The second-order valence-corrected chi connectivity index (χ2v) is 3.54. The van der Waals surface area contributed by atoms with Gasteiger partial charge >= 0.3 is 6.18 Å². The zero-order valence-electron chi connectivity index (χ0n) is 9.05. The van der Waals surface area contributed by atoms with Gasteiger partial charge < -0.3 is 11.1 Å². The number of carbonyl (C=O) groups excluding carboxylic acids is 1. The van der Waals surface area contributed by atoms with Crippen molar-refractivity contribution in [3.8, 4) is 0 Å². The first kappa shape index (κ1) is 13.3. The molecule has 1 aliphatic rings. The smallest absolute Gasteiger partial charge is 0.398 e. The summed E-state index contributed by atoms with van der Waals surface area (Å²) in [4.78, 5) is 10.1. The third kappa shape index (κ3) is 4.34. The summed E-state index contributed by atoms with van der Waals surface area (Å²) < 4.78 is 35.9. The first-order chi connectivity index (χ1) is 7.91. The van der Waals surface area contributed by atoms with Crippen LogP contribution in [0.3, 0.4) is 0 Å². The van der Waals surface area contributed by atoms with Crippen molar-refractivity contribution in [1.29, 1.82) is 0 Å². The number of halogens is 3. The highest BCUT2D eigenvalue weighted by Crippen LogP contribution is 2.32. The predicted molar refractivity (Wildman–Crippen MR) is 58.1 cm³/mol. The Bertz CT molecular complexity index is 383. The van der Waals surface area contributed by atoms with E-state index < -0.39 is 11.7 Å². The minimum atomic E-state index is -4.34. The van der Waals surface area contributed by atoms with E-state index >= 15 is 0 Å². The molecule has 1 saturated heterocycles. The second-order valence-electron chi connectivity index (χ2n) is 3.54. The van der Waals surface area contributed by atoms with Gasteiger partial charge in [0.2, 0.25) is 5.91 Å². The minimum absolute atomic E-state index is 0.204. The summed E-state index contributed by atoms with van der Waals surface area (Å²) in [5.74, 6) is 0.204. The number of nitrogens with one attached hydrogen (secondary N) is 1. The van der Waals surface area contributed by atoms with Gasteiger partial charge in [0.15, 0.2) is 0 Å². The van der Waals surface area contributed by atoms with E-state index in [1.165, 1.54) is 18.2 Å². The maximum absolute atomic E-state index is 12.0. The molecule has 6 heteroatoms. The normalized spacial score (nSPS) is 14.9. The minimum Gasteiger partial charge on any atom is -0.398 e. The number of nitrogen functional groups attached to an aromatic ring is 1. The van der Waals surface area contributed by atoms with E-state index in [0.29, 0.717) is 0 Å². The van der Waals surface area contributed by atoms with Crippen LogP contribution in [0.15, 0.2) is 24.3 Å². The Labute approximate surface area is 96.8 Å². The zero-order valence-corrected chi connectivity index (χ0v) is 9.05. The molecular formula is C11H13F3N2O. The topological polar surface area (TPSA) is 55.1 Å². The number of hydrogen-bond donors (Lipinski definition) is 2. The number of alkyl halides is 3. The Morgan fingerprint density at radius 3 is 2.18 bits per heavy atom. The molecule has 0 radical (unpaired) electrons. The van der Waals surface area contributed by atoms with Crippen molar-refractivity contribution < 1.29 is 18.0 Å². The van der Waals surface area contributed by atoms with Gasteiger partial charge in [-0.05, 0) is 18.6 Å². The van der Waals surface area contributed by atoms with Gasteiger partial charge in [-0.1, -0.05) is 12.1 Å². The van der Waals surface area contributed by atoms with Gasteiger partial charge in [-0.25, -0.2) is 0 Å².